The Labute approximate surface area is 171 Å². The highest BCUT2D eigenvalue weighted by Gasteiger charge is 2.26. The summed E-state index contributed by atoms with van der Waals surface area (Å²) in [6.07, 6.45) is 7.39. The van der Waals surface area contributed by atoms with Gasteiger partial charge in [0.15, 0.2) is 0 Å². The molecule has 2 aliphatic heterocycles. The number of likely N-dealkylation sites (tertiary alicyclic amines) is 2. The van der Waals surface area contributed by atoms with Crippen LogP contribution in [0.1, 0.15) is 41.6 Å². The molecule has 2 fully saturated rings. The van der Waals surface area contributed by atoms with Crippen molar-refractivity contribution in [1.29, 1.82) is 0 Å². The Hall–Kier alpha value is -2.73. The summed E-state index contributed by atoms with van der Waals surface area (Å²) >= 11 is 0. The summed E-state index contributed by atoms with van der Waals surface area (Å²) in [5.41, 5.74) is 2.55. The number of carbonyl (C=O) groups excluding carboxylic acids is 2. The summed E-state index contributed by atoms with van der Waals surface area (Å²) in [5, 5.41) is 2.91. The molecule has 1 atom stereocenters. The van der Waals surface area contributed by atoms with Gasteiger partial charge in [-0.25, -0.2) is 0 Å². The van der Waals surface area contributed by atoms with Crippen LogP contribution in [-0.2, 0) is 11.3 Å². The molecule has 6 heteroatoms. The molecule has 1 N–H and O–H groups in total. The molecule has 152 valence electrons. The maximum Gasteiger partial charge on any atom is 0.255 e. The fraction of sp³-hybridized carbons (Fsp3) is 0.435. The van der Waals surface area contributed by atoms with Crippen molar-refractivity contribution < 1.29 is 9.59 Å². The Bertz CT molecular complexity index is 855. The predicted octanol–water partition coefficient (Wildman–Crippen LogP) is 3.17. The monoisotopic (exact) mass is 392 g/mol. The van der Waals surface area contributed by atoms with E-state index in [1.807, 2.05) is 23.1 Å². The summed E-state index contributed by atoms with van der Waals surface area (Å²) in [4.78, 5) is 32.9. The van der Waals surface area contributed by atoms with Gasteiger partial charge in [-0.3, -0.25) is 19.5 Å². The first-order valence-electron chi connectivity index (χ1n) is 10.5. The van der Waals surface area contributed by atoms with Crippen LogP contribution in [0.5, 0.6) is 0 Å². The third-order valence-electron chi connectivity index (χ3n) is 5.79. The molecule has 0 unspecified atom stereocenters. The minimum Gasteiger partial charge on any atom is -0.342 e. The molecule has 1 aromatic heterocycles. The Morgan fingerprint density at radius 2 is 2.00 bits per heavy atom. The van der Waals surface area contributed by atoms with Crippen molar-refractivity contribution in [2.75, 3.05) is 31.5 Å². The zero-order valence-electron chi connectivity index (χ0n) is 16.7. The molecule has 3 heterocycles. The second-order valence-corrected chi connectivity index (χ2v) is 8.08. The Balaban J connectivity index is 1.34. The molecule has 2 aliphatic rings. The number of nitrogens with zero attached hydrogens (tertiary/aromatic N) is 3. The number of pyridine rings is 1. The Kier molecular flexibility index (Phi) is 6.20. The highest BCUT2D eigenvalue weighted by molar-refractivity contribution is 6.04. The van der Waals surface area contributed by atoms with Gasteiger partial charge in [-0.15, -0.1) is 0 Å². The van der Waals surface area contributed by atoms with E-state index in [1.54, 1.807) is 24.5 Å². The number of piperidine rings is 1. The standard InChI is InChI=1S/C23H28N4O2/c28-22-7-3-13-27(22)17-19-5-2-12-26(16-19)15-18-4-1-6-20(14-18)23(29)25-21-8-10-24-11-9-21/h1,4,6,8-11,14,19H,2-3,5,7,12-13,15-17H2,(H,24,25,29)/t19-/m0/s1. The topological polar surface area (TPSA) is 65.5 Å². The minimum atomic E-state index is -0.109. The van der Waals surface area contributed by atoms with E-state index < -0.39 is 0 Å². The first-order valence-corrected chi connectivity index (χ1v) is 10.5. The average molecular weight is 393 g/mol. The number of hydrogen-bond acceptors (Lipinski definition) is 4. The van der Waals surface area contributed by atoms with Crippen LogP contribution < -0.4 is 5.32 Å². The van der Waals surface area contributed by atoms with Gasteiger partial charge in [0.25, 0.3) is 5.91 Å². The zero-order valence-corrected chi connectivity index (χ0v) is 16.7. The number of carbonyl (C=O) groups is 2. The van der Waals surface area contributed by atoms with E-state index in [1.165, 1.54) is 6.42 Å². The molecule has 0 saturated carbocycles. The number of rotatable bonds is 6. The Morgan fingerprint density at radius 3 is 2.79 bits per heavy atom. The second kappa shape index (κ2) is 9.18. The number of hydrogen-bond donors (Lipinski definition) is 1. The Morgan fingerprint density at radius 1 is 1.14 bits per heavy atom. The lowest BCUT2D eigenvalue weighted by Crippen LogP contribution is -2.41. The van der Waals surface area contributed by atoms with Gasteiger partial charge in [0.1, 0.15) is 0 Å². The van der Waals surface area contributed by atoms with Crippen molar-refractivity contribution in [3.05, 3.63) is 59.9 Å². The molecule has 0 spiro atoms. The van der Waals surface area contributed by atoms with E-state index in [4.69, 9.17) is 0 Å². The van der Waals surface area contributed by atoms with Gasteiger partial charge in [-0.1, -0.05) is 12.1 Å². The molecule has 29 heavy (non-hydrogen) atoms. The first kappa shape index (κ1) is 19.6. The van der Waals surface area contributed by atoms with Gasteiger partial charge < -0.3 is 10.2 Å². The quantitative estimate of drug-likeness (QED) is 0.820. The number of anilines is 1. The molecule has 0 radical (unpaired) electrons. The largest absolute Gasteiger partial charge is 0.342 e. The summed E-state index contributed by atoms with van der Waals surface area (Å²) in [7, 11) is 0. The van der Waals surface area contributed by atoms with Crippen LogP contribution in [0, 0.1) is 5.92 Å². The van der Waals surface area contributed by atoms with Gasteiger partial charge in [-0.2, -0.15) is 0 Å². The van der Waals surface area contributed by atoms with Gasteiger partial charge in [-0.05, 0) is 61.6 Å². The summed E-state index contributed by atoms with van der Waals surface area (Å²) in [5.74, 6) is 0.751. The highest BCUT2D eigenvalue weighted by atomic mass is 16.2. The molecule has 0 aliphatic carbocycles. The lowest BCUT2D eigenvalue weighted by molar-refractivity contribution is -0.128. The van der Waals surface area contributed by atoms with E-state index >= 15 is 0 Å². The number of nitrogens with one attached hydrogen (secondary N) is 1. The smallest absolute Gasteiger partial charge is 0.255 e. The fourth-order valence-corrected chi connectivity index (χ4v) is 4.36. The van der Waals surface area contributed by atoms with Crippen LogP contribution in [0.4, 0.5) is 5.69 Å². The maximum absolute atomic E-state index is 12.6. The second-order valence-electron chi connectivity index (χ2n) is 8.08. The molecule has 1 aromatic carbocycles. The molecule has 2 amide bonds. The van der Waals surface area contributed by atoms with E-state index in [9.17, 15) is 9.59 Å². The highest BCUT2D eigenvalue weighted by Crippen LogP contribution is 2.22. The average Bonchev–Trinajstić information content (AvgIpc) is 3.14. The van der Waals surface area contributed by atoms with Crippen LogP contribution >= 0.6 is 0 Å². The van der Waals surface area contributed by atoms with Crippen molar-refractivity contribution in [1.82, 2.24) is 14.8 Å². The number of benzene rings is 1. The third kappa shape index (κ3) is 5.21. The van der Waals surface area contributed by atoms with Crippen molar-refractivity contribution in [2.45, 2.75) is 32.2 Å². The van der Waals surface area contributed by atoms with Gasteiger partial charge in [0, 0.05) is 56.2 Å². The van der Waals surface area contributed by atoms with Crippen LogP contribution in [0.2, 0.25) is 0 Å². The molecule has 4 rings (SSSR count). The van der Waals surface area contributed by atoms with E-state index in [2.05, 4.69) is 21.3 Å². The molecule has 6 nitrogen and oxygen atoms in total. The van der Waals surface area contributed by atoms with Crippen LogP contribution in [-0.4, -0.2) is 52.8 Å². The van der Waals surface area contributed by atoms with Gasteiger partial charge >= 0.3 is 0 Å². The third-order valence-corrected chi connectivity index (χ3v) is 5.79. The molecule has 2 aromatic rings. The van der Waals surface area contributed by atoms with E-state index in [-0.39, 0.29) is 5.91 Å². The summed E-state index contributed by atoms with van der Waals surface area (Å²) in [6, 6.07) is 11.4. The summed E-state index contributed by atoms with van der Waals surface area (Å²) in [6.45, 7) is 4.73. The van der Waals surface area contributed by atoms with Crippen LogP contribution in [0.25, 0.3) is 0 Å². The van der Waals surface area contributed by atoms with Gasteiger partial charge in [0.05, 0.1) is 0 Å². The molecule has 0 bridgehead atoms. The normalized spacial score (nSPS) is 20.1. The van der Waals surface area contributed by atoms with Gasteiger partial charge in [0.2, 0.25) is 5.91 Å². The first-order chi connectivity index (χ1) is 14.2. The van der Waals surface area contributed by atoms with Crippen molar-refractivity contribution in [2.24, 2.45) is 5.92 Å². The zero-order chi connectivity index (χ0) is 20.1. The maximum atomic E-state index is 12.6. The van der Waals surface area contributed by atoms with E-state index in [0.717, 1.165) is 56.8 Å². The SMILES string of the molecule is O=C(Nc1ccncc1)c1cccc(CN2CCC[C@H](CN3CCCC3=O)C2)c1. The molecular formula is C23H28N4O2. The van der Waals surface area contributed by atoms with Crippen LogP contribution in [0.15, 0.2) is 48.8 Å². The predicted molar refractivity (Wildman–Crippen MR) is 112 cm³/mol. The molecular weight excluding hydrogens is 364 g/mol. The lowest BCUT2D eigenvalue weighted by atomic mass is 9.97. The number of amides is 2. The minimum absolute atomic E-state index is 0.109. The van der Waals surface area contributed by atoms with Crippen LogP contribution in [0.3, 0.4) is 0 Å². The van der Waals surface area contributed by atoms with E-state index in [0.29, 0.717) is 23.8 Å². The van der Waals surface area contributed by atoms with Crippen molar-refractivity contribution in [3.63, 3.8) is 0 Å². The summed E-state index contributed by atoms with van der Waals surface area (Å²) < 4.78 is 0. The lowest BCUT2D eigenvalue weighted by Gasteiger charge is -2.34. The van der Waals surface area contributed by atoms with Crippen molar-refractivity contribution >= 4 is 17.5 Å². The molecule has 2 saturated heterocycles. The number of aromatic nitrogens is 1. The van der Waals surface area contributed by atoms with Crippen molar-refractivity contribution in [3.8, 4) is 0 Å². The fourth-order valence-electron chi connectivity index (χ4n) is 4.36.